The molecule has 0 spiro atoms. The van der Waals surface area contributed by atoms with Crippen LogP contribution in [-0.4, -0.2) is 47.1 Å². The standard InChI is InChI=1S/C20H23N3O2/c1-22-20-8-7-16(11-17(20)12-21-22)13-23-9-10-24-19(14-23)15-25-18-5-3-2-4-6-18/h2-8,11-12,19H,9-10,13-15H2,1H3/t19-/m0/s1. The van der Waals surface area contributed by atoms with Crippen molar-refractivity contribution in [2.75, 3.05) is 26.3 Å². The predicted octanol–water partition coefficient (Wildman–Crippen LogP) is 2.85. The van der Waals surface area contributed by atoms with Gasteiger partial charge in [-0.15, -0.1) is 0 Å². The average molecular weight is 337 g/mol. The minimum Gasteiger partial charge on any atom is -0.491 e. The van der Waals surface area contributed by atoms with Gasteiger partial charge >= 0.3 is 0 Å². The van der Waals surface area contributed by atoms with Crippen molar-refractivity contribution in [3.05, 3.63) is 60.3 Å². The molecule has 5 nitrogen and oxygen atoms in total. The zero-order valence-electron chi connectivity index (χ0n) is 14.5. The number of rotatable bonds is 5. The predicted molar refractivity (Wildman–Crippen MR) is 97.7 cm³/mol. The maximum absolute atomic E-state index is 5.86. The summed E-state index contributed by atoms with van der Waals surface area (Å²) in [6.07, 6.45) is 2.03. The molecule has 3 aromatic rings. The molecule has 0 N–H and O–H groups in total. The van der Waals surface area contributed by atoms with E-state index in [1.807, 2.05) is 48.3 Å². The molecule has 130 valence electrons. The number of nitrogens with zero attached hydrogens (tertiary/aromatic N) is 3. The summed E-state index contributed by atoms with van der Waals surface area (Å²) in [5.41, 5.74) is 2.48. The largest absolute Gasteiger partial charge is 0.491 e. The van der Waals surface area contributed by atoms with Crippen molar-refractivity contribution in [1.29, 1.82) is 0 Å². The molecule has 1 saturated heterocycles. The van der Waals surface area contributed by atoms with Crippen molar-refractivity contribution in [3.63, 3.8) is 0 Å². The number of hydrogen-bond donors (Lipinski definition) is 0. The van der Waals surface area contributed by atoms with Gasteiger partial charge in [-0.1, -0.05) is 24.3 Å². The van der Waals surface area contributed by atoms with Crippen LogP contribution in [-0.2, 0) is 18.3 Å². The molecule has 2 aromatic carbocycles. The highest BCUT2D eigenvalue weighted by atomic mass is 16.5. The summed E-state index contributed by atoms with van der Waals surface area (Å²) in [5.74, 6) is 0.894. The second kappa shape index (κ2) is 7.25. The Morgan fingerprint density at radius 1 is 1.20 bits per heavy atom. The second-order valence-corrected chi connectivity index (χ2v) is 6.51. The van der Waals surface area contributed by atoms with Crippen LogP contribution < -0.4 is 4.74 Å². The Kier molecular flexibility index (Phi) is 4.68. The number of aryl methyl sites for hydroxylation is 1. The Morgan fingerprint density at radius 3 is 2.96 bits per heavy atom. The third-order valence-corrected chi connectivity index (χ3v) is 4.62. The Bertz CT molecular complexity index is 831. The molecule has 4 rings (SSSR count). The van der Waals surface area contributed by atoms with Gasteiger partial charge in [-0.2, -0.15) is 5.10 Å². The van der Waals surface area contributed by atoms with Crippen LogP contribution >= 0.6 is 0 Å². The summed E-state index contributed by atoms with van der Waals surface area (Å²) in [4.78, 5) is 2.43. The monoisotopic (exact) mass is 337 g/mol. The van der Waals surface area contributed by atoms with Crippen LogP contribution in [0.1, 0.15) is 5.56 Å². The van der Waals surface area contributed by atoms with E-state index in [1.165, 1.54) is 16.5 Å². The van der Waals surface area contributed by atoms with E-state index in [0.717, 1.165) is 32.0 Å². The molecule has 0 bridgehead atoms. The number of ether oxygens (including phenoxy) is 2. The summed E-state index contributed by atoms with van der Waals surface area (Å²) >= 11 is 0. The molecule has 0 unspecified atom stereocenters. The third kappa shape index (κ3) is 3.83. The van der Waals surface area contributed by atoms with Gasteiger partial charge in [0.1, 0.15) is 18.5 Å². The number of aromatic nitrogens is 2. The molecule has 1 atom stereocenters. The van der Waals surface area contributed by atoms with Gasteiger partial charge in [0.15, 0.2) is 0 Å². The van der Waals surface area contributed by atoms with Crippen molar-refractivity contribution in [2.45, 2.75) is 12.6 Å². The summed E-state index contributed by atoms with van der Waals surface area (Å²) in [6, 6.07) is 16.5. The van der Waals surface area contributed by atoms with Gasteiger partial charge in [0.2, 0.25) is 0 Å². The maximum atomic E-state index is 5.86. The van der Waals surface area contributed by atoms with Crippen LogP contribution in [0.5, 0.6) is 5.75 Å². The highest BCUT2D eigenvalue weighted by Gasteiger charge is 2.21. The Hall–Kier alpha value is -2.37. The first-order chi connectivity index (χ1) is 12.3. The van der Waals surface area contributed by atoms with E-state index in [9.17, 15) is 0 Å². The molecule has 0 radical (unpaired) electrons. The lowest BCUT2D eigenvalue weighted by Crippen LogP contribution is -2.44. The lowest BCUT2D eigenvalue weighted by molar-refractivity contribution is -0.0504. The Labute approximate surface area is 147 Å². The molecule has 0 amide bonds. The maximum Gasteiger partial charge on any atom is 0.119 e. The van der Waals surface area contributed by atoms with Gasteiger partial charge in [-0.3, -0.25) is 9.58 Å². The van der Waals surface area contributed by atoms with Crippen LogP contribution in [0.2, 0.25) is 0 Å². The van der Waals surface area contributed by atoms with E-state index in [-0.39, 0.29) is 6.10 Å². The normalized spacial score (nSPS) is 18.5. The molecule has 1 aliphatic heterocycles. The first kappa shape index (κ1) is 16.1. The first-order valence-electron chi connectivity index (χ1n) is 8.70. The van der Waals surface area contributed by atoms with Crippen LogP contribution in [0.15, 0.2) is 54.7 Å². The minimum atomic E-state index is 0.107. The molecule has 1 fully saturated rings. The minimum absolute atomic E-state index is 0.107. The number of benzene rings is 2. The van der Waals surface area contributed by atoms with Crippen molar-refractivity contribution < 1.29 is 9.47 Å². The highest BCUT2D eigenvalue weighted by molar-refractivity contribution is 5.79. The van der Waals surface area contributed by atoms with Crippen molar-refractivity contribution in [3.8, 4) is 5.75 Å². The van der Waals surface area contributed by atoms with E-state index in [4.69, 9.17) is 9.47 Å². The zero-order chi connectivity index (χ0) is 17.1. The molecule has 5 heteroatoms. The molecular formula is C20H23N3O2. The van der Waals surface area contributed by atoms with E-state index in [2.05, 4.69) is 28.2 Å². The number of hydrogen-bond acceptors (Lipinski definition) is 4. The lowest BCUT2D eigenvalue weighted by Gasteiger charge is -2.32. The van der Waals surface area contributed by atoms with Gasteiger partial charge in [-0.25, -0.2) is 0 Å². The van der Waals surface area contributed by atoms with Gasteiger partial charge in [0.25, 0.3) is 0 Å². The molecule has 2 heterocycles. The van der Waals surface area contributed by atoms with Crippen molar-refractivity contribution in [2.24, 2.45) is 7.05 Å². The van der Waals surface area contributed by atoms with E-state index >= 15 is 0 Å². The molecular weight excluding hydrogens is 314 g/mol. The zero-order valence-corrected chi connectivity index (χ0v) is 14.5. The van der Waals surface area contributed by atoms with E-state index < -0.39 is 0 Å². The second-order valence-electron chi connectivity index (χ2n) is 6.51. The van der Waals surface area contributed by atoms with Crippen LogP contribution in [0, 0.1) is 0 Å². The third-order valence-electron chi connectivity index (χ3n) is 4.62. The Morgan fingerprint density at radius 2 is 2.08 bits per heavy atom. The van der Waals surface area contributed by atoms with Crippen LogP contribution in [0.3, 0.4) is 0 Å². The van der Waals surface area contributed by atoms with Crippen LogP contribution in [0.25, 0.3) is 10.9 Å². The van der Waals surface area contributed by atoms with Gasteiger partial charge in [0, 0.05) is 32.1 Å². The summed E-state index contributed by atoms with van der Waals surface area (Å²) < 4.78 is 13.6. The molecule has 0 aliphatic carbocycles. The quantitative estimate of drug-likeness (QED) is 0.718. The fourth-order valence-electron chi connectivity index (χ4n) is 3.30. The summed E-state index contributed by atoms with van der Waals surface area (Å²) in [7, 11) is 1.97. The SMILES string of the molecule is Cn1ncc2cc(CN3CCO[C@H](COc4ccccc4)C3)ccc21. The lowest BCUT2D eigenvalue weighted by atomic mass is 10.1. The van der Waals surface area contributed by atoms with Crippen LogP contribution in [0.4, 0.5) is 0 Å². The molecule has 25 heavy (non-hydrogen) atoms. The smallest absolute Gasteiger partial charge is 0.119 e. The Balaban J connectivity index is 1.35. The first-order valence-corrected chi connectivity index (χ1v) is 8.70. The number of fused-ring (bicyclic) bond motifs is 1. The highest BCUT2D eigenvalue weighted by Crippen LogP contribution is 2.18. The van der Waals surface area contributed by atoms with Gasteiger partial charge in [-0.05, 0) is 29.8 Å². The number of morpholine rings is 1. The topological polar surface area (TPSA) is 39.5 Å². The van der Waals surface area contributed by atoms with Crippen molar-refractivity contribution >= 4 is 10.9 Å². The summed E-state index contributed by atoms with van der Waals surface area (Å²) in [5, 5.41) is 5.51. The fraction of sp³-hybridized carbons (Fsp3) is 0.350. The fourth-order valence-corrected chi connectivity index (χ4v) is 3.30. The van der Waals surface area contributed by atoms with Gasteiger partial charge < -0.3 is 9.47 Å². The average Bonchev–Trinajstić information content (AvgIpc) is 3.02. The molecule has 1 aromatic heterocycles. The van der Waals surface area contributed by atoms with E-state index in [0.29, 0.717) is 6.61 Å². The number of para-hydroxylation sites is 1. The van der Waals surface area contributed by atoms with E-state index in [1.54, 1.807) is 0 Å². The molecule has 1 aliphatic rings. The molecule has 0 saturated carbocycles. The van der Waals surface area contributed by atoms with Crippen molar-refractivity contribution in [1.82, 2.24) is 14.7 Å². The van der Waals surface area contributed by atoms with Gasteiger partial charge in [0.05, 0.1) is 18.3 Å². The summed E-state index contributed by atoms with van der Waals surface area (Å²) in [6.45, 7) is 4.10.